The van der Waals surface area contributed by atoms with Gasteiger partial charge in [0.1, 0.15) is 0 Å². The molecule has 1 aromatic heterocycles. The van der Waals surface area contributed by atoms with Crippen molar-refractivity contribution in [1.29, 1.82) is 0 Å². The van der Waals surface area contributed by atoms with E-state index in [-0.39, 0.29) is 0 Å². The molecule has 17 heavy (non-hydrogen) atoms. The second kappa shape index (κ2) is 5.23. The van der Waals surface area contributed by atoms with Crippen LogP contribution in [0.5, 0.6) is 0 Å². The molecule has 0 fully saturated rings. The molecule has 1 heterocycles. The number of H-pyrrole nitrogens is 1. The normalized spacial score (nSPS) is 11.5. The van der Waals surface area contributed by atoms with Gasteiger partial charge in [0.05, 0.1) is 16.1 Å². The number of halogens is 1. The zero-order valence-corrected chi connectivity index (χ0v) is 11.7. The van der Waals surface area contributed by atoms with Crippen molar-refractivity contribution in [3.05, 3.63) is 28.0 Å². The van der Waals surface area contributed by atoms with Crippen molar-refractivity contribution in [1.82, 2.24) is 9.55 Å². The van der Waals surface area contributed by atoms with E-state index < -0.39 is 0 Å². The molecular weight excluding hydrogens is 252 g/mol. The summed E-state index contributed by atoms with van der Waals surface area (Å²) in [5.41, 5.74) is 2.06. The number of nitrogens with one attached hydrogen (secondary N) is 1. The highest BCUT2D eigenvalue weighted by Gasteiger charge is 2.11. The molecule has 0 bridgehead atoms. The molecule has 92 valence electrons. The molecule has 0 saturated heterocycles. The van der Waals surface area contributed by atoms with E-state index >= 15 is 0 Å². The zero-order chi connectivity index (χ0) is 12.4. The SMILES string of the molecule is CCC(CC)Cn1c(=S)[nH]c2cccc(Cl)c21. The highest BCUT2D eigenvalue weighted by atomic mass is 35.5. The third-order valence-electron chi connectivity index (χ3n) is 3.34. The summed E-state index contributed by atoms with van der Waals surface area (Å²) in [5, 5.41) is 0.765. The second-order valence-corrected chi connectivity index (χ2v) is 5.15. The van der Waals surface area contributed by atoms with Gasteiger partial charge in [0.15, 0.2) is 4.77 Å². The van der Waals surface area contributed by atoms with E-state index in [1.165, 1.54) is 0 Å². The van der Waals surface area contributed by atoms with Crippen LogP contribution in [0.3, 0.4) is 0 Å². The molecular formula is C13H17ClN2S. The highest BCUT2D eigenvalue weighted by Crippen LogP contribution is 2.25. The molecule has 0 aliphatic heterocycles. The maximum atomic E-state index is 6.26. The van der Waals surface area contributed by atoms with E-state index in [0.29, 0.717) is 5.92 Å². The first-order valence-corrected chi connectivity index (χ1v) is 6.83. The number of rotatable bonds is 4. The van der Waals surface area contributed by atoms with E-state index in [9.17, 15) is 0 Å². The fraction of sp³-hybridized carbons (Fsp3) is 0.462. The molecule has 0 radical (unpaired) electrons. The number of fused-ring (bicyclic) bond motifs is 1. The Kier molecular flexibility index (Phi) is 3.89. The van der Waals surface area contributed by atoms with Crippen LogP contribution in [0.15, 0.2) is 18.2 Å². The monoisotopic (exact) mass is 268 g/mol. The van der Waals surface area contributed by atoms with Crippen LogP contribution in [-0.2, 0) is 6.54 Å². The van der Waals surface area contributed by atoms with Gasteiger partial charge in [-0.05, 0) is 30.3 Å². The average Bonchev–Trinajstić information content (AvgIpc) is 2.63. The maximum Gasteiger partial charge on any atom is 0.178 e. The molecule has 2 aromatic rings. The molecule has 2 rings (SSSR count). The summed E-state index contributed by atoms with van der Waals surface area (Å²) in [7, 11) is 0. The predicted molar refractivity (Wildman–Crippen MR) is 76.2 cm³/mol. The van der Waals surface area contributed by atoms with Crippen LogP contribution in [-0.4, -0.2) is 9.55 Å². The van der Waals surface area contributed by atoms with Crippen LogP contribution < -0.4 is 0 Å². The minimum atomic E-state index is 0.650. The molecule has 0 saturated carbocycles. The van der Waals surface area contributed by atoms with Gasteiger partial charge < -0.3 is 9.55 Å². The Morgan fingerprint density at radius 2 is 2.06 bits per heavy atom. The van der Waals surface area contributed by atoms with Crippen molar-refractivity contribution in [2.45, 2.75) is 33.2 Å². The molecule has 0 amide bonds. The molecule has 4 heteroatoms. The van der Waals surface area contributed by atoms with Crippen molar-refractivity contribution in [2.24, 2.45) is 5.92 Å². The summed E-state index contributed by atoms with van der Waals surface area (Å²) >= 11 is 11.6. The Balaban J connectivity index is 2.53. The van der Waals surface area contributed by atoms with Crippen LogP contribution in [0.4, 0.5) is 0 Å². The molecule has 0 atom stereocenters. The summed E-state index contributed by atoms with van der Waals surface area (Å²) in [6, 6.07) is 5.87. The summed E-state index contributed by atoms with van der Waals surface area (Å²) in [6.07, 6.45) is 2.32. The molecule has 1 N–H and O–H groups in total. The van der Waals surface area contributed by atoms with Crippen molar-refractivity contribution in [3.8, 4) is 0 Å². The molecule has 0 spiro atoms. The van der Waals surface area contributed by atoms with Crippen LogP contribution in [0.25, 0.3) is 11.0 Å². The first-order chi connectivity index (χ1) is 8.17. The Labute approximate surface area is 112 Å². The topological polar surface area (TPSA) is 20.7 Å². The molecule has 0 aliphatic rings. The molecule has 0 unspecified atom stereocenters. The minimum Gasteiger partial charge on any atom is -0.331 e. The lowest BCUT2D eigenvalue weighted by Gasteiger charge is -2.14. The van der Waals surface area contributed by atoms with E-state index in [4.69, 9.17) is 23.8 Å². The number of aromatic nitrogens is 2. The first-order valence-electron chi connectivity index (χ1n) is 6.04. The minimum absolute atomic E-state index is 0.650. The van der Waals surface area contributed by atoms with Gasteiger partial charge >= 0.3 is 0 Å². The van der Waals surface area contributed by atoms with E-state index in [1.54, 1.807) is 0 Å². The van der Waals surface area contributed by atoms with E-state index in [1.807, 2.05) is 18.2 Å². The first kappa shape index (κ1) is 12.7. The Hall–Kier alpha value is -0.800. The van der Waals surface area contributed by atoms with Gasteiger partial charge in [-0.25, -0.2) is 0 Å². The van der Waals surface area contributed by atoms with Gasteiger partial charge in [0.25, 0.3) is 0 Å². The van der Waals surface area contributed by atoms with Crippen molar-refractivity contribution >= 4 is 34.9 Å². The van der Waals surface area contributed by atoms with Crippen molar-refractivity contribution in [3.63, 3.8) is 0 Å². The third kappa shape index (κ3) is 2.40. The number of nitrogens with zero attached hydrogens (tertiary/aromatic N) is 1. The lowest BCUT2D eigenvalue weighted by atomic mass is 10.0. The summed E-state index contributed by atoms with van der Waals surface area (Å²) < 4.78 is 2.89. The average molecular weight is 269 g/mol. The smallest absolute Gasteiger partial charge is 0.178 e. The lowest BCUT2D eigenvalue weighted by Crippen LogP contribution is -2.09. The standard InChI is InChI=1S/C13H17ClN2S/c1-3-9(4-2)8-16-12-10(14)6-5-7-11(12)15-13(16)17/h5-7,9H,3-4,8H2,1-2H3,(H,15,17). The van der Waals surface area contributed by atoms with Crippen LogP contribution in [0.2, 0.25) is 5.02 Å². The number of benzene rings is 1. The maximum absolute atomic E-state index is 6.26. The third-order valence-corrected chi connectivity index (χ3v) is 3.97. The fourth-order valence-electron chi connectivity index (χ4n) is 2.15. The Morgan fingerprint density at radius 3 is 2.71 bits per heavy atom. The van der Waals surface area contributed by atoms with Gasteiger partial charge in [-0.2, -0.15) is 0 Å². The number of aromatic amines is 1. The zero-order valence-electron chi connectivity index (χ0n) is 10.2. The molecule has 1 aromatic carbocycles. The van der Waals surface area contributed by atoms with Gasteiger partial charge in [-0.3, -0.25) is 0 Å². The summed E-state index contributed by atoms with van der Waals surface area (Å²) in [5.74, 6) is 0.650. The largest absolute Gasteiger partial charge is 0.331 e. The van der Waals surface area contributed by atoms with Gasteiger partial charge in [0, 0.05) is 6.54 Å². The quantitative estimate of drug-likeness (QED) is 0.791. The number of hydrogen-bond acceptors (Lipinski definition) is 1. The second-order valence-electron chi connectivity index (χ2n) is 4.36. The van der Waals surface area contributed by atoms with Crippen molar-refractivity contribution < 1.29 is 0 Å². The van der Waals surface area contributed by atoms with Crippen LogP contribution in [0.1, 0.15) is 26.7 Å². The number of imidazole rings is 1. The molecule has 0 aliphatic carbocycles. The van der Waals surface area contributed by atoms with Crippen molar-refractivity contribution in [2.75, 3.05) is 0 Å². The Morgan fingerprint density at radius 1 is 1.35 bits per heavy atom. The van der Waals surface area contributed by atoms with Crippen LogP contribution in [0, 0.1) is 10.7 Å². The lowest BCUT2D eigenvalue weighted by molar-refractivity contribution is 0.422. The highest BCUT2D eigenvalue weighted by molar-refractivity contribution is 7.71. The van der Waals surface area contributed by atoms with Gasteiger partial charge in [-0.1, -0.05) is 44.4 Å². The number of para-hydroxylation sites is 1. The number of hydrogen-bond donors (Lipinski definition) is 1. The summed E-state index contributed by atoms with van der Waals surface area (Å²) in [4.78, 5) is 3.21. The van der Waals surface area contributed by atoms with Crippen LogP contribution >= 0.6 is 23.8 Å². The summed E-state index contributed by atoms with van der Waals surface area (Å²) in [6.45, 7) is 5.37. The molecule has 2 nitrogen and oxygen atoms in total. The van der Waals surface area contributed by atoms with Gasteiger partial charge in [-0.15, -0.1) is 0 Å². The fourth-order valence-corrected chi connectivity index (χ4v) is 2.71. The van der Waals surface area contributed by atoms with Gasteiger partial charge in [0.2, 0.25) is 0 Å². The Bertz CT molecular complexity index is 566. The van der Waals surface area contributed by atoms with E-state index in [0.717, 1.165) is 40.2 Å². The predicted octanol–water partition coefficient (Wildman–Crippen LogP) is 4.79. The van der Waals surface area contributed by atoms with E-state index in [2.05, 4.69) is 23.4 Å².